The number of piperidine rings is 1. The molecule has 0 radical (unpaired) electrons. The third-order valence-corrected chi connectivity index (χ3v) is 5.28. The van der Waals surface area contributed by atoms with Gasteiger partial charge in [0, 0.05) is 31.1 Å². The van der Waals surface area contributed by atoms with Crippen LogP contribution in [0.1, 0.15) is 31.3 Å². The second kappa shape index (κ2) is 4.06. The minimum atomic E-state index is -2.83. The van der Waals surface area contributed by atoms with Gasteiger partial charge in [-0.05, 0) is 37.9 Å². The minimum absolute atomic E-state index is 0.0285. The first kappa shape index (κ1) is 6.54. The van der Waals surface area contributed by atoms with Gasteiger partial charge in [-0.3, -0.25) is 0 Å². The van der Waals surface area contributed by atoms with Gasteiger partial charge in [-0.2, -0.15) is 0 Å². The average Bonchev–Trinajstić information content (AvgIpc) is 2.96. The molecule has 1 spiro atoms. The van der Waals surface area contributed by atoms with Gasteiger partial charge in [0.25, 0.3) is 0 Å². The first-order chi connectivity index (χ1) is 14.5. The fourth-order valence-corrected chi connectivity index (χ4v) is 4.39. The van der Waals surface area contributed by atoms with Gasteiger partial charge >= 0.3 is 0 Å². The van der Waals surface area contributed by atoms with Crippen LogP contribution in [-0.2, 0) is 11.8 Å². The number of nitrogens with zero attached hydrogens (tertiary/aromatic N) is 1. The zero-order valence-electron chi connectivity index (χ0n) is 21.6. The molecule has 4 heteroatoms. The van der Waals surface area contributed by atoms with Gasteiger partial charge in [0.15, 0.2) is 11.5 Å². The van der Waals surface area contributed by atoms with E-state index >= 15 is 0 Å². The summed E-state index contributed by atoms with van der Waals surface area (Å²) in [6.07, 6.45) is -3.61. The van der Waals surface area contributed by atoms with Crippen molar-refractivity contribution in [3.05, 3.63) is 35.4 Å². The summed E-state index contributed by atoms with van der Waals surface area (Å²) in [7, 11) is -2.83. The quantitative estimate of drug-likeness (QED) is 0.798. The lowest BCUT2D eigenvalue weighted by molar-refractivity contribution is -0.0453. The number of likely N-dealkylation sites (N-methyl/N-ethyl adjacent to an activating group) is 1. The third kappa shape index (κ3) is 1.28. The van der Waals surface area contributed by atoms with Gasteiger partial charge < -0.3 is 19.5 Å². The predicted molar refractivity (Wildman–Crippen MR) is 82.5 cm³/mol. The lowest BCUT2D eigenvalue weighted by Crippen LogP contribution is -2.64. The lowest BCUT2D eigenvalue weighted by atomic mass is 9.53. The van der Waals surface area contributed by atoms with Crippen LogP contribution >= 0.6 is 0 Å². The number of ether oxygens (including phenoxy) is 2. The summed E-state index contributed by atoms with van der Waals surface area (Å²) in [5.74, 6) is -1.36. The Morgan fingerprint density at radius 3 is 3.36 bits per heavy atom. The number of rotatable bonds is 1. The molecular formula is C18H21NO3. The maximum atomic E-state index is 10.8. The molecule has 2 aliphatic carbocycles. The highest BCUT2D eigenvalue weighted by molar-refractivity contribution is 5.62. The molecule has 2 aliphatic heterocycles. The Kier molecular flexibility index (Phi) is 1.21. The van der Waals surface area contributed by atoms with E-state index in [4.69, 9.17) is 21.8 Å². The van der Waals surface area contributed by atoms with Crippen LogP contribution in [0.25, 0.3) is 0 Å². The van der Waals surface area contributed by atoms with Crippen LogP contribution in [0.5, 0.6) is 11.5 Å². The minimum Gasteiger partial charge on any atom is -0.493 e. The molecule has 116 valence electrons. The summed E-state index contributed by atoms with van der Waals surface area (Å²) in [4.78, 5) is 0.861. The van der Waals surface area contributed by atoms with Gasteiger partial charge in [0.2, 0.25) is 0 Å². The average molecular weight is 309 g/mol. The second-order valence-corrected chi connectivity index (χ2v) is 6.13. The van der Waals surface area contributed by atoms with E-state index in [2.05, 4.69) is 0 Å². The number of hydrogen-bond donors (Lipinski definition) is 1. The van der Waals surface area contributed by atoms with Gasteiger partial charge in [-0.1, -0.05) is 18.2 Å². The molecule has 1 aromatic carbocycles. The van der Waals surface area contributed by atoms with E-state index in [1.807, 2.05) is 0 Å². The van der Waals surface area contributed by atoms with E-state index < -0.39 is 49.9 Å². The van der Waals surface area contributed by atoms with E-state index in [-0.39, 0.29) is 35.6 Å². The first-order valence-corrected chi connectivity index (χ1v) is 7.21. The molecule has 1 fully saturated rings. The molecule has 0 saturated carbocycles. The van der Waals surface area contributed by atoms with Crippen molar-refractivity contribution in [1.29, 1.82) is 0 Å². The summed E-state index contributed by atoms with van der Waals surface area (Å²) >= 11 is 0. The fraction of sp³-hybridized carbons (Fsp3) is 0.556. The Labute approximate surface area is 144 Å². The zero-order valence-corrected chi connectivity index (χ0v) is 11.6. The van der Waals surface area contributed by atoms with Gasteiger partial charge in [0.05, 0.1) is 12.5 Å². The monoisotopic (exact) mass is 309 g/mol. The molecule has 1 saturated heterocycles. The summed E-state index contributed by atoms with van der Waals surface area (Å²) in [6, 6.07) is 0.200. The molecule has 0 aromatic heterocycles. The van der Waals surface area contributed by atoms with Crippen LogP contribution in [0.15, 0.2) is 24.3 Å². The van der Waals surface area contributed by atoms with Gasteiger partial charge in [-0.25, -0.2) is 0 Å². The molecule has 22 heavy (non-hydrogen) atoms. The van der Waals surface area contributed by atoms with E-state index in [1.165, 1.54) is 18.2 Å². The van der Waals surface area contributed by atoms with Crippen molar-refractivity contribution < 1.29 is 28.3 Å². The van der Waals surface area contributed by atoms with Crippen LogP contribution in [0.2, 0.25) is 0 Å². The molecule has 2 unspecified atom stereocenters. The summed E-state index contributed by atoms with van der Waals surface area (Å²) in [5.41, 5.74) is -1.10. The van der Waals surface area contributed by atoms with Gasteiger partial charge in [-0.15, -0.1) is 0 Å². The summed E-state index contributed by atoms with van der Waals surface area (Å²) in [5, 5.41) is 10.8. The SMILES string of the molecule is [2H]C([2H])([2H])Oc1ccc2c3c1OC1C([2H])(O)C=C[C@@H]4[C@@]31CCN(C([2H])([2H])[2H])[C@]4([2H])C2([2H])[2H]. The first-order valence-electron chi connectivity index (χ1n) is 12.2. The Morgan fingerprint density at radius 1 is 1.55 bits per heavy atom. The molecule has 1 aromatic rings. The smallest absolute Gasteiger partial charge is 0.165 e. The maximum absolute atomic E-state index is 10.8. The highest BCUT2D eigenvalue weighted by Gasteiger charge is 2.64. The van der Waals surface area contributed by atoms with E-state index in [1.54, 1.807) is 0 Å². The molecule has 2 heterocycles. The van der Waals surface area contributed by atoms with E-state index in [0.29, 0.717) is 0 Å². The largest absolute Gasteiger partial charge is 0.493 e. The fourth-order valence-electron chi connectivity index (χ4n) is 4.39. The predicted octanol–water partition coefficient (Wildman–Crippen LogP) is 1.50. The molecule has 5 rings (SSSR count). The van der Waals surface area contributed by atoms with Crippen molar-refractivity contribution in [2.45, 2.75) is 36.4 Å². The molecule has 4 aliphatic rings. The molecular weight excluding hydrogens is 278 g/mol. The Morgan fingerprint density at radius 2 is 2.50 bits per heavy atom. The maximum Gasteiger partial charge on any atom is 0.165 e. The van der Waals surface area contributed by atoms with Crippen molar-refractivity contribution in [3.63, 3.8) is 0 Å². The van der Waals surface area contributed by atoms with Crippen LogP contribution in [0.4, 0.5) is 0 Å². The molecule has 1 N–H and O–H groups in total. The van der Waals surface area contributed by atoms with Crippen LogP contribution in [-0.4, -0.2) is 48.8 Å². The topological polar surface area (TPSA) is 41.9 Å². The Balaban J connectivity index is 1.86. The van der Waals surface area contributed by atoms with Crippen molar-refractivity contribution in [2.75, 3.05) is 20.6 Å². The second-order valence-electron chi connectivity index (χ2n) is 6.13. The highest BCUT2D eigenvalue weighted by Crippen LogP contribution is 2.62. The van der Waals surface area contributed by atoms with Crippen molar-refractivity contribution in [1.82, 2.24) is 4.90 Å². The Hall–Kier alpha value is -1.52. The van der Waals surface area contributed by atoms with E-state index in [9.17, 15) is 6.48 Å². The normalized spacial score (nSPS) is 57.9. The van der Waals surface area contributed by atoms with Crippen molar-refractivity contribution in [2.24, 2.45) is 5.92 Å². The molecule has 4 nitrogen and oxygen atoms in total. The molecule has 0 amide bonds. The number of aliphatic hydroxyl groups is 1. The standard InChI is InChI=1S/C18H21NO3/c1-19-8-7-18-11-4-5-13(20)17(18)22-16-14(21-2)6-3-10(15(16)18)9-12(11)19/h3-6,11-13,17,20H,7-9H2,1-2H3/t11-,12+,13?,17?,18-/m0/s1/i1D3,2D3,9D2,12D,13D. The van der Waals surface area contributed by atoms with Crippen molar-refractivity contribution >= 4 is 0 Å². The van der Waals surface area contributed by atoms with E-state index in [0.717, 1.165) is 11.0 Å². The number of benzene rings is 1. The zero-order chi connectivity index (χ0) is 23.7. The number of likely N-dealkylation sites (tertiary alicyclic amines) is 1. The molecule has 5 atom stereocenters. The molecule has 2 bridgehead atoms. The highest BCUT2D eigenvalue weighted by atomic mass is 16.5. The van der Waals surface area contributed by atoms with Crippen LogP contribution in [0, 0.1) is 5.92 Å². The van der Waals surface area contributed by atoms with Crippen molar-refractivity contribution in [3.8, 4) is 11.5 Å². The third-order valence-electron chi connectivity index (χ3n) is 5.28. The summed E-state index contributed by atoms with van der Waals surface area (Å²) in [6.45, 7) is -2.97. The van der Waals surface area contributed by atoms with Crippen LogP contribution in [0.3, 0.4) is 0 Å². The van der Waals surface area contributed by atoms with Gasteiger partial charge in [0.1, 0.15) is 12.2 Å². The number of hydrogen-bond acceptors (Lipinski definition) is 4. The number of methoxy groups -OCH3 is 1. The lowest BCUT2D eigenvalue weighted by Gasteiger charge is -2.56. The van der Waals surface area contributed by atoms with Crippen LogP contribution < -0.4 is 9.47 Å². The Bertz CT molecular complexity index is 1040. The summed E-state index contributed by atoms with van der Waals surface area (Å²) < 4.78 is 92.8.